The third-order valence-corrected chi connectivity index (χ3v) is 4.36. The molecule has 0 amide bonds. The van der Waals surface area contributed by atoms with Crippen LogP contribution in [0.1, 0.15) is 51.7 Å². The van der Waals surface area contributed by atoms with Crippen LogP contribution in [0.4, 0.5) is 13.2 Å². The molecule has 0 fully saturated rings. The maximum Gasteiger partial charge on any atom is 0.393 e. The molecule has 132 valence electrons. The van der Waals surface area contributed by atoms with Crippen molar-refractivity contribution >= 4 is 0 Å². The zero-order valence-corrected chi connectivity index (χ0v) is 14.4. The fraction of sp³-hybridized carbons (Fsp3) is 0.875. The summed E-state index contributed by atoms with van der Waals surface area (Å²) in [7, 11) is 1.98. The van der Waals surface area contributed by atoms with Crippen LogP contribution in [-0.2, 0) is 19.5 Å². The van der Waals surface area contributed by atoms with E-state index in [9.17, 15) is 13.2 Å². The van der Waals surface area contributed by atoms with Crippen LogP contribution in [0.5, 0.6) is 0 Å². The highest BCUT2D eigenvalue weighted by atomic mass is 19.4. The van der Waals surface area contributed by atoms with Gasteiger partial charge in [-0.05, 0) is 38.3 Å². The van der Waals surface area contributed by atoms with E-state index in [1.807, 2.05) is 7.05 Å². The van der Waals surface area contributed by atoms with Crippen molar-refractivity contribution in [2.24, 2.45) is 11.3 Å². The van der Waals surface area contributed by atoms with Crippen molar-refractivity contribution in [3.8, 4) is 0 Å². The van der Waals surface area contributed by atoms with Crippen molar-refractivity contribution in [1.29, 1.82) is 0 Å². The fourth-order valence-electron chi connectivity index (χ4n) is 2.97. The average Bonchev–Trinajstić information content (AvgIpc) is 2.78. The lowest BCUT2D eigenvalue weighted by Gasteiger charge is -2.27. The van der Waals surface area contributed by atoms with E-state index in [4.69, 9.17) is 0 Å². The van der Waals surface area contributed by atoms with Gasteiger partial charge in [-0.15, -0.1) is 10.2 Å². The smallest absolute Gasteiger partial charge is 0.313 e. The number of fused-ring (bicyclic) bond motifs is 1. The zero-order chi connectivity index (χ0) is 17.3. The summed E-state index contributed by atoms with van der Waals surface area (Å²) in [5, 5.41) is 8.18. The molecule has 0 aliphatic carbocycles. The van der Waals surface area contributed by atoms with Gasteiger partial charge in [-0.2, -0.15) is 13.2 Å². The molecule has 1 aliphatic heterocycles. The molecule has 7 heteroatoms. The molecule has 2 rings (SSSR count). The summed E-state index contributed by atoms with van der Waals surface area (Å²) in [6.07, 6.45) is -1.50. The first-order valence-electron chi connectivity index (χ1n) is 8.22. The average molecular weight is 332 g/mol. The molecule has 0 aromatic carbocycles. The summed E-state index contributed by atoms with van der Waals surface area (Å²) < 4.78 is 40.5. The molecule has 4 nitrogen and oxygen atoms in total. The summed E-state index contributed by atoms with van der Waals surface area (Å²) in [5.41, 5.74) is 0.300. The maximum atomic E-state index is 12.9. The largest absolute Gasteiger partial charge is 0.393 e. The van der Waals surface area contributed by atoms with Gasteiger partial charge in [0.15, 0.2) is 0 Å². The highest BCUT2D eigenvalue weighted by Crippen LogP contribution is 2.34. The molecule has 0 saturated carbocycles. The minimum atomic E-state index is -4.14. The van der Waals surface area contributed by atoms with Crippen molar-refractivity contribution in [1.82, 2.24) is 19.7 Å². The fourth-order valence-corrected chi connectivity index (χ4v) is 2.97. The Morgan fingerprint density at radius 1 is 1.22 bits per heavy atom. The maximum absolute atomic E-state index is 12.9. The van der Waals surface area contributed by atoms with Crippen LogP contribution in [0.25, 0.3) is 0 Å². The Kier molecular flexibility index (Phi) is 5.38. The first-order valence-corrected chi connectivity index (χ1v) is 8.22. The van der Waals surface area contributed by atoms with Crippen LogP contribution in [0.3, 0.4) is 0 Å². The van der Waals surface area contributed by atoms with Gasteiger partial charge in [-0.25, -0.2) is 0 Å². The van der Waals surface area contributed by atoms with Crippen molar-refractivity contribution < 1.29 is 13.2 Å². The number of alkyl halides is 3. The Balaban J connectivity index is 1.94. The molecule has 0 N–H and O–H groups in total. The van der Waals surface area contributed by atoms with Gasteiger partial charge in [-0.3, -0.25) is 4.90 Å². The van der Waals surface area contributed by atoms with Gasteiger partial charge >= 0.3 is 6.18 Å². The van der Waals surface area contributed by atoms with Gasteiger partial charge < -0.3 is 4.57 Å². The van der Waals surface area contributed by atoms with Crippen molar-refractivity contribution in [3.63, 3.8) is 0 Å². The Hall–Kier alpha value is -1.11. The summed E-state index contributed by atoms with van der Waals surface area (Å²) in [5.74, 6) is 0.0479. The number of aromatic nitrogens is 3. The van der Waals surface area contributed by atoms with Crippen molar-refractivity contribution in [2.45, 2.75) is 65.7 Å². The van der Waals surface area contributed by atoms with E-state index in [1.165, 1.54) is 0 Å². The summed E-state index contributed by atoms with van der Waals surface area (Å²) in [4.78, 5) is 2.11. The van der Waals surface area contributed by atoms with E-state index >= 15 is 0 Å². The van der Waals surface area contributed by atoms with E-state index in [-0.39, 0.29) is 13.0 Å². The first-order chi connectivity index (χ1) is 10.6. The lowest BCUT2D eigenvalue weighted by atomic mass is 9.90. The Morgan fingerprint density at radius 2 is 1.91 bits per heavy atom. The molecule has 0 radical (unpaired) electrons. The van der Waals surface area contributed by atoms with Gasteiger partial charge in [0.1, 0.15) is 11.6 Å². The highest BCUT2D eigenvalue weighted by molar-refractivity contribution is 5.01. The quantitative estimate of drug-likeness (QED) is 0.825. The number of halogens is 3. The molecule has 1 unspecified atom stereocenters. The molecule has 2 heterocycles. The Morgan fingerprint density at radius 3 is 2.52 bits per heavy atom. The van der Waals surface area contributed by atoms with Gasteiger partial charge in [0, 0.05) is 13.0 Å². The molecule has 1 atom stereocenters. The molecule has 1 aliphatic rings. The SMILES string of the molecule is CN(CCCC(C)(C)C)Cc1nnc2n1CC(C(F)(F)F)CC2. The van der Waals surface area contributed by atoms with E-state index in [0.29, 0.717) is 30.0 Å². The van der Waals surface area contributed by atoms with Gasteiger partial charge in [0.25, 0.3) is 0 Å². The van der Waals surface area contributed by atoms with Crippen molar-refractivity contribution in [2.75, 3.05) is 13.6 Å². The lowest BCUT2D eigenvalue weighted by Crippen LogP contribution is -2.33. The van der Waals surface area contributed by atoms with Gasteiger partial charge in [0.05, 0.1) is 12.5 Å². The summed E-state index contributed by atoms with van der Waals surface area (Å²) >= 11 is 0. The number of aryl methyl sites for hydroxylation is 1. The van der Waals surface area contributed by atoms with Crippen LogP contribution in [-0.4, -0.2) is 39.4 Å². The molecular formula is C16H27F3N4. The number of hydrogen-bond donors (Lipinski definition) is 0. The number of rotatable bonds is 5. The predicted octanol–water partition coefficient (Wildman–Crippen LogP) is 3.66. The standard InChI is InChI=1S/C16H27F3N4/c1-15(2,3)8-5-9-22(4)11-14-21-20-13-7-6-12(10-23(13)14)16(17,18)19/h12H,5-11H2,1-4H3. The highest BCUT2D eigenvalue weighted by Gasteiger charge is 2.42. The van der Waals surface area contributed by atoms with Gasteiger partial charge in [-0.1, -0.05) is 20.8 Å². The minimum absolute atomic E-state index is 0.0446. The second-order valence-corrected chi connectivity index (χ2v) is 7.82. The topological polar surface area (TPSA) is 34.0 Å². The van der Waals surface area contributed by atoms with E-state index < -0.39 is 12.1 Å². The van der Waals surface area contributed by atoms with E-state index in [2.05, 4.69) is 35.9 Å². The predicted molar refractivity (Wildman–Crippen MR) is 82.9 cm³/mol. The monoisotopic (exact) mass is 332 g/mol. The zero-order valence-electron chi connectivity index (χ0n) is 14.4. The van der Waals surface area contributed by atoms with Crippen LogP contribution in [0.15, 0.2) is 0 Å². The first kappa shape index (κ1) is 18.2. The second kappa shape index (κ2) is 6.79. The molecule has 0 saturated heterocycles. The Bertz CT molecular complexity index is 516. The van der Waals surface area contributed by atoms with Crippen LogP contribution < -0.4 is 0 Å². The Labute approximate surface area is 136 Å². The number of hydrogen-bond acceptors (Lipinski definition) is 3. The molecule has 0 bridgehead atoms. The minimum Gasteiger partial charge on any atom is -0.313 e. The summed E-state index contributed by atoms with van der Waals surface area (Å²) in [6.45, 7) is 8.03. The van der Waals surface area contributed by atoms with Crippen LogP contribution in [0.2, 0.25) is 0 Å². The molecule has 1 aromatic heterocycles. The van der Waals surface area contributed by atoms with E-state index in [0.717, 1.165) is 19.4 Å². The molecular weight excluding hydrogens is 305 g/mol. The molecule has 0 spiro atoms. The lowest BCUT2D eigenvalue weighted by molar-refractivity contribution is -0.182. The van der Waals surface area contributed by atoms with Crippen molar-refractivity contribution in [3.05, 3.63) is 11.6 Å². The molecule has 23 heavy (non-hydrogen) atoms. The normalized spacial score (nSPS) is 19.2. The number of nitrogens with zero attached hydrogens (tertiary/aromatic N) is 4. The van der Waals surface area contributed by atoms with Crippen LogP contribution in [0, 0.1) is 11.3 Å². The van der Waals surface area contributed by atoms with Crippen LogP contribution >= 0.6 is 0 Å². The summed E-state index contributed by atoms with van der Waals surface area (Å²) in [6, 6.07) is 0. The van der Waals surface area contributed by atoms with E-state index in [1.54, 1.807) is 4.57 Å². The molecule has 1 aromatic rings. The van der Waals surface area contributed by atoms with Gasteiger partial charge in [0.2, 0.25) is 0 Å². The third-order valence-electron chi connectivity index (χ3n) is 4.36. The second-order valence-electron chi connectivity index (χ2n) is 7.82. The third kappa shape index (κ3) is 5.19.